The first-order valence-corrected chi connectivity index (χ1v) is 9.67. The molecular formula is C20H24ClNO2. The molecule has 4 saturated carbocycles. The van der Waals surface area contributed by atoms with Crippen LogP contribution in [0.2, 0.25) is 5.02 Å². The summed E-state index contributed by atoms with van der Waals surface area (Å²) in [5.74, 6) is 2.75. The Morgan fingerprint density at radius 3 is 2.42 bits per heavy atom. The minimum absolute atomic E-state index is 0.143. The number of amides is 1. The van der Waals surface area contributed by atoms with Gasteiger partial charge < -0.3 is 9.64 Å². The van der Waals surface area contributed by atoms with Crippen molar-refractivity contribution in [2.24, 2.45) is 23.2 Å². The Hall–Kier alpha value is -1.22. The summed E-state index contributed by atoms with van der Waals surface area (Å²) in [7, 11) is 0. The van der Waals surface area contributed by atoms with Gasteiger partial charge in [0.1, 0.15) is 6.10 Å². The average molecular weight is 346 g/mol. The predicted molar refractivity (Wildman–Crippen MR) is 92.9 cm³/mol. The van der Waals surface area contributed by atoms with Crippen LogP contribution in [0.3, 0.4) is 0 Å². The Morgan fingerprint density at radius 2 is 1.79 bits per heavy atom. The van der Waals surface area contributed by atoms with Crippen molar-refractivity contribution in [3.63, 3.8) is 0 Å². The van der Waals surface area contributed by atoms with Crippen LogP contribution in [0.4, 0.5) is 4.79 Å². The molecule has 5 fully saturated rings. The van der Waals surface area contributed by atoms with E-state index in [0.717, 1.165) is 29.9 Å². The van der Waals surface area contributed by atoms with Crippen molar-refractivity contribution >= 4 is 17.7 Å². The molecule has 1 aromatic rings. The van der Waals surface area contributed by atoms with E-state index in [4.69, 9.17) is 16.3 Å². The van der Waals surface area contributed by atoms with Gasteiger partial charge in [-0.15, -0.1) is 0 Å². The number of benzene rings is 1. The normalized spacial score (nSPS) is 40.2. The zero-order valence-corrected chi connectivity index (χ0v) is 14.7. The maximum absolute atomic E-state index is 12.4. The first-order chi connectivity index (χ1) is 11.6. The molecule has 4 bridgehead atoms. The molecule has 1 atom stereocenters. The van der Waals surface area contributed by atoms with Crippen molar-refractivity contribution in [2.75, 3.05) is 13.1 Å². The Kier molecular flexibility index (Phi) is 3.38. The summed E-state index contributed by atoms with van der Waals surface area (Å²) in [6.45, 7) is 1.56. The molecule has 3 nitrogen and oxygen atoms in total. The topological polar surface area (TPSA) is 29.5 Å². The maximum Gasteiger partial charge on any atom is 0.410 e. The number of nitrogens with zero attached hydrogens (tertiary/aromatic N) is 1. The molecule has 1 aliphatic heterocycles. The second-order valence-corrected chi connectivity index (χ2v) is 9.16. The Morgan fingerprint density at radius 1 is 1.12 bits per heavy atom. The number of ether oxygens (including phenoxy) is 1. The van der Waals surface area contributed by atoms with Crippen LogP contribution in [-0.2, 0) is 4.74 Å². The standard InChI is InChI=1S/C20H24ClNO2/c21-17-3-1-2-16(7-17)18-11-22(19(23)24-18)12-20-8-13-4-14(9-20)6-15(5-13)10-20/h1-3,7,13-15,18H,4-6,8-12H2. The fourth-order valence-corrected chi connectivity index (χ4v) is 6.60. The molecular weight excluding hydrogens is 322 g/mol. The predicted octanol–water partition coefficient (Wildman–Crippen LogP) is 5.05. The Balaban J connectivity index is 1.32. The average Bonchev–Trinajstić information content (AvgIpc) is 2.86. The van der Waals surface area contributed by atoms with Crippen molar-refractivity contribution in [1.29, 1.82) is 0 Å². The molecule has 1 aromatic carbocycles. The highest BCUT2D eigenvalue weighted by Crippen LogP contribution is 2.60. The molecule has 4 aliphatic carbocycles. The Bertz CT molecular complexity index is 638. The van der Waals surface area contributed by atoms with E-state index in [1.807, 2.05) is 29.2 Å². The first-order valence-electron chi connectivity index (χ1n) is 9.30. The molecule has 0 radical (unpaired) electrons. The summed E-state index contributed by atoms with van der Waals surface area (Å²) in [4.78, 5) is 14.4. The van der Waals surface area contributed by atoms with E-state index in [0.29, 0.717) is 17.0 Å². The van der Waals surface area contributed by atoms with Crippen LogP contribution in [0.5, 0.6) is 0 Å². The highest BCUT2D eigenvalue weighted by molar-refractivity contribution is 6.30. The molecule has 128 valence electrons. The number of hydrogen-bond donors (Lipinski definition) is 0. The van der Waals surface area contributed by atoms with E-state index in [-0.39, 0.29) is 12.2 Å². The van der Waals surface area contributed by atoms with Crippen LogP contribution < -0.4 is 0 Å². The number of hydrogen-bond acceptors (Lipinski definition) is 2. The van der Waals surface area contributed by atoms with Crippen LogP contribution in [0.1, 0.15) is 50.2 Å². The van der Waals surface area contributed by atoms with Gasteiger partial charge in [-0.25, -0.2) is 4.79 Å². The molecule has 0 spiro atoms. The largest absolute Gasteiger partial charge is 0.439 e. The third-order valence-corrected chi connectivity index (χ3v) is 7.03. The molecule has 1 saturated heterocycles. The number of cyclic esters (lactones) is 1. The lowest BCUT2D eigenvalue weighted by molar-refractivity contribution is -0.0627. The number of halogens is 1. The van der Waals surface area contributed by atoms with E-state index < -0.39 is 0 Å². The van der Waals surface area contributed by atoms with Crippen LogP contribution >= 0.6 is 11.6 Å². The molecule has 4 heteroatoms. The minimum Gasteiger partial charge on any atom is -0.439 e. The molecule has 6 rings (SSSR count). The highest BCUT2D eigenvalue weighted by atomic mass is 35.5. The summed E-state index contributed by atoms with van der Waals surface area (Å²) in [6, 6.07) is 7.69. The summed E-state index contributed by atoms with van der Waals surface area (Å²) in [6.07, 6.45) is 7.97. The van der Waals surface area contributed by atoms with E-state index in [1.54, 1.807) is 0 Å². The van der Waals surface area contributed by atoms with Gasteiger partial charge in [-0.3, -0.25) is 0 Å². The van der Waals surface area contributed by atoms with E-state index in [9.17, 15) is 4.79 Å². The second kappa shape index (κ2) is 5.39. The number of rotatable bonds is 3. The van der Waals surface area contributed by atoms with Crippen molar-refractivity contribution < 1.29 is 9.53 Å². The number of carbonyl (C=O) groups excluding carboxylic acids is 1. The molecule has 1 heterocycles. The quantitative estimate of drug-likeness (QED) is 0.767. The lowest BCUT2D eigenvalue weighted by atomic mass is 9.49. The summed E-state index contributed by atoms with van der Waals surface area (Å²) in [5, 5.41) is 0.697. The van der Waals surface area contributed by atoms with Gasteiger partial charge in [0.15, 0.2) is 0 Å². The SMILES string of the molecule is O=C1OC(c2cccc(Cl)c2)CN1CC12CC3CC(CC(C3)C1)C2. The molecule has 1 unspecified atom stereocenters. The second-order valence-electron chi connectivity index (χ2n) is 8.73. The third kappa shape index (κ3) is 2.52. The minimum atomic E-state index is -0.176. The third-order valence-electron chi connectivity index (χ3n) is 6.80. The first kappa shape index (κ1) is 15.1. The van der Waals surface area contributed by atoms with Crippen molar-refractivity contribution in [3.8, 4) is 0 Å². The summed E-state index contributed by atoms with van der Waals surface area (Å²) < 4.78 is 5.66. The van der Waals surface area contributed by atoms with Gasteiger partial charge in [-0.05, 0) is 79.4 Å². The lowest BCUT2D eigenvalue weighted by Gasteiger charge is -2.57. The summed E-state index contributed by atoms with van der Waals surface area (Å²) >= 11 is 6.09. The van der Waals surface area contributed by atoms with Crippen molar-refractivity contribution in [3.05, 3.63) is 34.9 Å². The molecule has 0 aromatic heterocycles. The van der Waals surface area contributed by atoms with Gasteiger partial charge in [0.05, 0.1) is 6.54 Å². The van der Waals surface area contributed by atoms with Crippen molar-refractivity contribution in [2.45, 2.75) is 44.6 Å². The summed E-state index contributed by atoms with van der Waals surface area (Å²) in [5.41, 5.74) is 1.38. The fourth-order valence-electron chi connectivity index (χ4n) is 6.41. The van der Waals surface area contributed by atoms with Crippen LogP contribution in [0.25, 0.3) is 0 Å². The smallest absolute Gasteiger partial charge is 0.410 e. The van der Waals surface area contributed by atoms with Crippen LogP contribution in [-0.4, -0.2) is 24.1 Å². The molecule has 5 aliphatic rings. The zero-order chi connectivity index (χ0) is 16.3. The lowest BCUT2D eigenvalue weighted by Crippen LogP contribution is -2.51. The Labute approximate surface area is 148 Å². The van der Waals surface area contributed by atoms with Crippen LogP contribution in [0, 0.1) is 23.2 Å². The molecule has 0 N–H and O–H groups in total. The molecule has 1 amide bonds. The van der Waals surface area contributed by atoms with Gasteiger partial charge >= 0.3 is 6.09 Å². The van der Waals surface area contributed by atoms with E-state index in [1.165, 1.54) is 38.5 Å². The van der Waals surface area contributed by atoms with Gasteiger partial charge in [-0.1, -0.05) is 23.7 Å². The molecule has 24 heavy (non-hydrogen) atoms. The van der Waals surface area contributed by atoms with Gasteiger partial charge in [-0.2, -0.15) is 0 Å². The van der Waals surface area contributed by atoms with E-state index >= 15 is 0 Å². The van der Waals surface area contributed by atoms with E-state index in [2.05, 4.69) is 0 Å². The van der Waals surface area contributed by atoms with Gasteiger partial charge in [0.25, 0.3) is 0 Å². The van der Waals surface area contributed by atoms with Gasteiger partial charge in [0, 0.05) is 11.6 Å². The fraction of sp³-hybridized carbons (Fsp3) is 0.650. The van der Waals surface area contributed by atoms with Crippen molar-refractivity contribution in [1.82, 2.24) is 4.90 Å². The monoisotopic (exact) mass is 345 g/mol. The van der Waals surface area contributed by atoms with Gasteiger partial charge in [0.2, 0.25) is 0 Å². The highest BCUT2D eigenvalue weighted by Gasteiger charge is 2.52. The maximum atomic E-state index is 12.4. The number of carbonyl (C=O) groups is 1. The zero-order valence-electron chi connectivity index (χ0n) is 13.9. The van der Waals surface area contributed by atoms with Crippen LogP contribution in [0.15, 0.2) is 24.3 Å².